The normalized spacial score (nSPS) is 11.4. The molecule has 3 aromatic rings. The Morgan fingerprint density at radius 1 is 1.07 bits per heavy atom. The van der Waals surface area contributed by atoms with Gasteiger partial charge in [0.2, 0.25) is 0 Å². The van der Waals surface area contributed by atoms with Gasteiger partial charge in [0, 0.05) is 24.6 Å². The Kier molecular flexibility index (Phi) is 5.26. The number of hydrogen-bond acceptors (Lipinski definition) is 6. The van der Waals surface area contributed by atoms with E-state index in [0.29, 0.717) is 23.1 Å². The van der Waals surface area contributed by atoms with Gasteiger partial charge in [0.25, 0.3) is 0 Å². The third-order valence-corrected chi connectivity index (χ3v) is 3.58. The summed E-state index contributed by atoms with van der Waals surface area (Å²) in [5, 5.41) is 12.8. The molecule has 10 heteroatoms. The topological polar surface area (TPSA) is 87.8 Å². The lowest BCUT2D eigenvalue weighted by molar-refractivity contribution is -0.138. The molecule has 7 nitrogen and oxygen atoms in total. The Labute approximate surface area is 153 Å². The quantitative estimate of drug-likeness (QED) is 0.597. The number of aryl methyl sites for hydroxylation is 1. The van der Waals surface area contributed by atoms with Crippen LogP contribution in [0.15, 0.2) is 36.7 Å². The minimum absolute atomic E-state index is 0.0317. The molecule has 0 saturated carbocycles. The standard InChI is InChI=1S/C17H17F3N6O/c1-10-5-14(26-25-10)23-16-8-21-7-15(24-16)22-12-3-4-13(17(18,19)20)11(6-12)9-27-2/h3-8H,9H2,1-2H3,(H3,22,23,24,25,26). The molecule has 3 N–H and O–H groups in total. The van der Waals surface area contributed by atoms with Crippen LogP contribution in [0.2, 0.25) is 0 Å². The molecular formula is C17H17F3N6O. The number of aromatic amines is 1. The van der Waals surface area contributed by atoms with Crippen LogP contribution in [0.3, 0.4) is 0 Å². The summed E-state index contributed by atoms with van der Waals surface area (Å²) in [7, 11) is 1.34. The SMILES string of the molecule is COCc1cc(Nc2cncc(Nc3cc(C)[nH]n3)n2)ccc1C(F)(F)F. The van der Waals surface area contributed by atoms with E-state index < -0.39 is 11.7 Å². The number of benzene rings is 1. The Hall–Kier alpha value is -3.14. The van der Waals surface area contributed by atoms with Gasteiger partial charge >= 0.3 is 6.18 Å². The van der Waals surface area contributed by atoms with Crippen molar-refractivity contribution in [2.75, 3.05) is 17.7 Å². The van der Waals surface area contributed by atoms with Crippen LogP contribution in [-0.4, -0.2) is 27.3 Å². The number of halogens is 3. The number of anilines is 4. The molecule has 3 rings (SSSR count). The van der Waals surface area contributed by atoms with Gasteiger partial charge in [0.1, 0.15) is 0 Å². The monoisotopic (exact) mass is 378 g/mol. The van der Waals surface area contributed by atoms with Crippen LogP contribution < -0.4 is 10.6 Å². The molecule has 0 aliphatic heterocycles. The van der Waals surface area contributed by atoms with E-state index in [1.54, 1.807) is 6.07 Å². The van der Waals surface area contributed by atoms with E-state index in [0.717, 1.165) is 11.8 Å². The van der Waals surface area contributed by atoms with Crippen LogP contribution in [0, 0.1) is 6.92 Å². The van der Waals surface area contributed by atoms with Crippen molar-refractivity contribution >= 4 is 23.1 Å². The highest BCUT2D eigenvalue weighted by Gasteiger charge is 2.33. The number of nitrogens with one attached hydrogen (secondary N) is 3. The van der Waals surface area contributed by atoms with Gasteiger partial charge < -0.3 is 15.4 Å². The summed E-state index contributed by atoms with van der Waals surface area (Å²) in [5.41, 5.74) is 0.627. The van der Waals surface area contributed by atoms with E-state index in [1.807, 2.05) is 6.92 Å². The lowest BCUT2D eigenvalue weighted by Gasteiger charge is -2.14. The molecule has 0 saturated heterocycles. The second kappa shape index (κ2) is 7.62. The van der Waals surface area contributed by atoms with E-state index in [-0.39, 0.29) is 12.2 Å². The zero-order valence-electron chi connectivity index (χ0n) is 14.6. The van der Waals surface area contributed by atoms with Gasteiger partial charge in [-0.3, -0.25) is 10.1 Å². The second-order valence-corrected chi connectivity index (χ2v) is 5.78. The van der Waals surface area contributed by atoms with E-state index in [2.05, 4.69) is 30.8 Å². The van der Waals surface area contributed by atoms with Crippen LogP contribution in [0.1, 0.15) is 16.8 Å². The molecule has 2 aromatic heterocycles. The molecule has 0 unspecified atom stereocenters. The smallest absolute Gasteiger partial charge is 0.380 e. The lowest BCUT2D eigenvalue weighted by Crippen LogP contribution is -2.10. The van der Waals surface area contributed by atoms with Gasteiger partial charge in [-0.1, -0.05) is 0 Å². The van der Waals surface area contributed by atoms with Crippen molar-refractivity contribution in [2.24, 2.45) is 0 Å². The first-order valence-electron chi connectivity index (χ1n) is 7.92. The van der Waals surface area contributed by atoms with Crippen molar-refractivity contribution in [3.8, 4) is 0 Å². The molecule has 0 bridgehead atoms. The molecule has 0 radical (unpaired) electrons. The highest BCUT2D eigenvalue weighted by molar-refractivity contribution is 5.60. The van der Waals surface area contributed by atoms with Gasteiger partial charge in [-0.2, -0.15) is 18.3 Å². The van der Waals surface area contributed by atoms with E-state index in [4.69, 9.17) is 4.74 Å². The Morgan fingerprint density at radius 2 is 1.81 bits per heavy atom. The minimum Gasteiger partial charge on any atom is -0.380 e. The van der Waals surface area contributed by atoms with E-state index in [9.17, 15) is 13.2 Å². The summed E-state index contributed by atoms with van der Waals surface area (Å²) in [6.45, 7) is 1.71. The van der Waals surface area contributed by atoms with Gasteiger partial charge in [-0.25, -0.2) is 4.98 Å². The average molecular weight is 378 g/mol. The lowest BCUT2D eigenvalue weighted by atomic mass is 10.1. The van der Waals surface area contributed by atoms with Crippen LogP contribution in [0.25, 0.3) is 0 Å². The maximum absolute atomic E-state index is 13.1. The molecule has 142 valence electrons. The van der Waals surface area contributed by atoms with Crippen LogP contribution >= 0.6 is 0 Å². The molecule has 0 aliphatic rings. The van der Waals surface area contributed by atoms with Crippen molar-refractivity contribution in [1.29, 1.82) is 0 Å². The molecular weight excluding hydrogens is 361 g/mol. The first kappa shape index (κ1) is 18.6. The fraction of sp³-hybridized carbons (Fsp3) is 0.235. The van der Waals surface area contributed by atoms with Gasteiger partial charge in [0.05, 0.1) is 24.6 Å². The number of methoxy groups -OCH3 is 1. The molecule has 0 amide bonds. The fourth-order valence-corrected chi connectivity index (χ4v) is 2.47. The number of ether oxygens (including phenoxy) is 1. The summed E-state index contributed by atoms with van der Waals surface area (Å²) in [5.74, 6) is 1.39. The number of nitrogens with zero attached hydrogens (tertiary/aromatic N) is 3. The minimum atomic E-state index is -4.45. The molecule has 0 aliphatic carbocycles. The van der Waals surface area contributed by atoms with Crippen molar-refractivity contribution in [2.45, 2.75) is 19.7 Å². The molecule has 0 spiro atoms. The summed E-state index contributed by atoms with van der Waals surface area (Å²) < 4.78 is 44.1. The zero-order chi connectivity index (χ0) is 19.4. The van der Waals surface area contributed by atoms with Crippen molar-refractivity contribution in [1.82, 2.24) is 20.2 Å². The first-order valence-corrected chi connectivity index (χ1v) is 7.92. The number of hydrogen-bond donors (Lipinski definition) is 3. The maximum atomic E-state index is 13.1. The summed E-state index contributed by atoms with van der Waals surface area (Å²) in [4.78, 5) is 8.40. The fourth-order valence-electron chi connectivity index (χ4n) is 2.47. The number of aromatic nitrogens is 4. The van der Waals surface area contributed by atoms with Crippen LogP contribution in [0.4, 0.5) is 36.3 Å². The predicted molar refractivity (Wildman–Crippen MR) is 94.1 cm³/mol. The highest BCUT2D eigenvalue weighted by Crippen LogP contribution is 2.34. The molecule has 2 heterocycles. The van der Waals surface area contributed by atoms with Crippen molar-refractivity contribution in [3.63, 3.8) is 0 Å². The van der Waals surface area contributed by atoms with Gasteiger partial charge in [-0.15, -0.1) is 0 Å². The van der Waals surface area contributed by atoms with E-state index in [1.165, 1.54) is 31.6 Å². The number of rotatable bonds is 6. The third-order valence-electron chi connectivity index (χ3n) is 3.58. The van der Waals surface area contributed by atoms with Crippen LogP contribution in [-0.2, 0) is 17.5 Å². The third kappa shape index (κ3) is 4.73. The highest BCUT2D eigenvalue weighted by atomic mass is 19.4. The Morgan fingerprint density at radius 3 is 2.44 bits per heavy atom. The predicted octanol–water partition coefficient (Wildman–Crippen LogP) is 4.16. The molecule has 27 heavy (non-hydrogen) atoms. The Balaban J connectivity index is 1.80. The summed E-state index contributed by atoms with van der Waals surface area (Å²) >= 11 is 0. The zero-order valence-corrected chi connectivity index (χ0v) is 14.6. The molecule has 0 atom stereocenters. The first-order chi connectivity index (χ1) is 12.8. The number of alkyl halides is 3. The molecule has 0 fully saturated rings. The van der Waals surface area contributed by atoms with E-state index >= 15 is 0 Å². The largest absolute Gasteiger partial charge is 0.416 e. The second-order valence-electron chi connectivity index (χ2n) is 5.78. The summed E-state index contributed by atoms with van der Waals surface area (Å²) in [6, 6.07) is 5.53. The molecule has 1 aromatic carbocycles. The van der Waals surface area contributed by atoms with Crippen molar-refractivity contribution < 1.29 is 17.9 Å². The number of H-pyrrole nitrogens is 1. The maximum Gasteiger partial charge on any atom is 0.416 e. The Bertz CT molecular complexity index is 925. The average Bonchev–Trinajstić information content (AvgIpc) is 2.99. The van der Waals surface area contributed by atoms with Crippen LogP contribution in [0.5, 0.6) is 0 Å². The van der Waals surface area contributed by atoms with Gasteiger partial charge in [-0.05, 0) is 30.7 Å². The summed E-state index contributed by atoms with van der Waals surface area (Å²) in [6.07, 6.45) is -1.47. The van der Waals surface area contributed by atoms with Gasteiger partial charge in [0.15, 0.2) is 17.5 Å². The van der Waals surface area contributed by atoms with Crippen molar-refractivity contribution in [3.05, 3.63) is 53.5 Å².